The molecule has 7 heteroatoms. The second-order valence-corrected chi connectivity index (χ2v) is 8.75. The molecule has 1 fully saturated rings. The van der Waals surface area contributed by atoms with E-state index in [1.54, 1.807) is 6.07 Å². The number of carbonyl (C=O) groups is 1. The molecule has 144 valence electrons. The number of aromatic nitrogens is 1. The summed E-state index contributed by atoms with van der Waals surface area (Å²) in [7, 11) is 0. The standard InChI is InChI=1S/C21H19FN2O3S/c22-15-7-13-17(24(11-4-5-11)9-14(19(13)25)21(26)27)8-12(15)18-6-10-2-1-3-16(23)20(10)28-18/h6-9,11,16H,1-5,23H2,(H,26,27). The number of halogens is 1. The normalized spacial score (nSPS) is 19.0. The topological polar surface area (TPSA) is 85.3 Å². The Morgan fingerprint density at radius 3 is 2.71 bits per heavy atom. The Bertz CT molecular complexity index is 1190. The third kappa shape index (κ3) is 2.69. The summed E-state index contributed by atoms with van der Waals surface area (Å²) in [5.41, 5.74) is 7.47. The van der Waals surface area contributed by atoms with Crippen LogP contribution in [0.1, 0.15) is 58.6 Å². The van der Waals surface area contributed by atoms with E-state index in [2.05, 4.69) is 0 Å². The summed E-state index contributed by atoms with van der Waals surface area (Å²) >= 11 is 1.51. The summed E-state index contributed by atoms with van der Waals surface area (Å²) in [6.45, 7) is 0. The Morgan fingerprint density at radius 1 is 1.25 bits per heavy atom. The van der Waals surface area contributed by atoms with Crippen molar-refractivity contribution in [2.45, 2.75) is 44.2 Å². The van der Waals surface area contributed by atoms with Crippen LogP contribution in [-0.2, 0) is 6.42 Å². The quantitative estimate of drug-likeness (QED) is 0.691. The second kappa shape index (κ2) is 6.25. The van der Waals surface area contributed by atoms with Gasteiger partial charge in [0.1, 0.15) is 11.4 Å². The first-order valence-electron chi connectivity index (χ1n) is 9.44. The van der Waals surface area contributed by atoms with Crippen molar-refractivity contribution in [1.29, 1.82) is 0 Å². The lowest BCUT2D eigenvalue weighted by Gasteiger charge is -2.17. The van der Waals surface area contributed by atoms with Crippen LogP contribution in [0.15, 0.2) is 29.2 Å². The van der Waals surface area contributed by atoms with E-state index in [1.807, 2.05) is 10.6 Å². The summed E-state index contributed by atoms with van der Waals surface area (Å²) in [5.74, 6) is -1.80. The number of aromatic carboxylic acids is 1. The molecule has 3 aromatic rings. The van der Waals surface area contributed by atoms with Gasteiger partial charge in [-0.15, -0.1) is 11.3 Å². The monoisotopic (exact) mass is 398 g/mol. The van der Waals surface area contributed by atoms with Crippen molar-refractivity contribution in [2.24, 2.45) is 5.73 Å². The molecule has 2 aliphatic rings. The van der Waals surface area contributed by atoms with Crippen LogP contribution in [0.3, 0.4) is 0 Å². The molecule has 0 aliphatic heterocycles. The van der Waals surface area contributed by atoms with E-state index in [-0.39, 0.29) is 23.0 Å². The minimum Gasteiger partial charge on any atom is -0.477 e. The molecule has 0 amide bonds. The first-order valence-corrected chi connectivity index (χ1v) is 10.3. The van der Waals surface area contributed by atoms with Crippen molar-refractivity contribution in [3.05, 3.63) is 56.4 Å². The smallest absolute Gasteiger partial charge is 0.341 e. The Morgan fingerprint density at radius 2 is 2.04 bits per heavy atom. The lowest BCUT2D eigenvalue weighted by molar-refractivity contribution is 0.0695. The molecule has 28 heavy (non-hydrogen) atoms. The lowest BCUT2D eigenvalue weighted by atomic mass is 9.95. The van der Waals surface area contributed by atoms with Crippen molar-refractivity contribution in [2.75, 3.05) is 0 Å². The molecule has 5 nitrogen and oxygen atoms in total. The molecule has 1 aromatic carbocycles. The molecule has 5 rings (SSSR count). The van der Waals surface area contributed by atoms with Gasteiger partial charge in [-0.3, -0.25) is 4.79 Å². The maximum Gasteiger partial charge on any atom is 0.341 e. The van der Waals surface area contributed by atoms with Crippen LogP contribution in [0, 0.1) is 5.82 Å². The van der Waals surface area contributed by atoms with Crippen LogP contribution < -0.4 is 11.2 Å². The highest BCUT2D eigenvalue weighted by Crippen LogP contribution is 2.42. The average Bonchev–Trinajstić information content (AvgIpc) is 3.40. The van der Waals surface area contributed by atoms with Gasteiger partial charge in [-0.25, -0.2) is 9.18 Å². The number of nitrogens with zero attached hydrogens (tertiary/aromatic N) is 1. The van der Waals surface area contributed by atoms with E-state index in [0.717, 1.165) is 41.9 Å². The van der Waals surface area contributed by atoms with E-state index in [9.17, 15) is 14.7 Å². The number of rotatable bonds is 3. The summed E-state index contributed by atoms with van der Waals surface area (Å²) < 4.78 is 16.8. The van der Waals surface area contributed by atoms with Crippen molar-refractivity contribution in [3.8, 4) is 10.4 Å². The van der Waals surface area contributed by atoms with Gasteiger partial charge >= 0.3 is 5.97 Å². The summed E-state index contributed by atoms with van der Waals surface area (Å²) in [6.07, 6.45) is 6.17. The Kier molecular flexibility index (Phi) is 3.93. The van der Waals surface area contributed by atoms with E-state index < -0.39 is 17.2 Å². The largest absolute Gasteiger partial charge is 0.477 e. The fraction of sp³-hybridized carbons (Fsp3) is 0.333. The third-order valence-corrected chi connectivity index (χ3v) is 7.04. The molecule has 1 saturated carbocycles. The zero-order valence-corrected chi connectivity index (χ0v) is 15.9. The Balaban J connectivity index is 1.75. The minimum absolute atomic E-state index is 0.00575. The number of hydrogen-bond donors (Lipinski definition) is 2. The first kappa shape index (κ1) is 17.6. The number of carboxylic acids is 1. The van der Waals surface area contributed by atoms with Gasteiger partial charge in [-0.1, -0.05) is 0 Å². The van der Waals surface area contributed by atoms with Gasteiger partial charge in [-0.05, 0) is 55.9 Å². The van der Waals surface area contributed by atoms with E-state index >= 15 is 4.39 Å². The van der Waals surface area contributed by atoms with Crippen LogP contribution in [0.5, 0.6) is 0 Å². The summed E-state index contributed by atoms with van der Waals surface area (Å²) in [5, 5.41) is 9.47. The number of hydrogen-bond acceptors (Lipinski definition) is 4. The third-order valence-electron chi connectivity index (χ3n) is 5.70. The maximum atomic E-state index is 15.0. The molecule has 0 saturated heterocycles. The van der Waals surface area contributed by atoms with Crippen molar-refractivity contribution in [1.82, 2.24) is 4.57 Å². The molecule has 0 radical (unpaired) electrons. The second-order valence-electron chi connectivity index (χ2n) is 7.66. The molecule has 2 heterocycles. The van der Waals surface area contributed by atoms with Gasteiger partial charge < -0.3 is 15.4 Å². The molecule has 1 atom stereocenters. The Labute approximate surface area is 164 Å². The number of fused-ring (bicyclic) bond motifs is 2. The van der Waals surface area contributed by atoms with Gasteiger partial charge in [-0.2, -0.15) is 0 Å². The molecule has 1 unspecified atom stereocenters. The van der Waals surface area contributed by atoms with Crippen LogP contribution in [0.2, 0.25) is 0 Å². The molecule has 0 bridgehead atoms. The number of aryl methyl sites for hydroxylation is 1. The summed E-state index contributed by atoms with van der Waals surface area (Å²) in [4.78, 5) is 26.0. The minimum atomic E-state index is -1.29. The van der Waals surface area contributed by atoms with Crippen molar-refractivity contribution in [3.63, 3.8) is 0 Å². The lowest BCUT2D eigenvalue weighted by Crippen LogP contribution is -2.19. The first-order chi connectivity index (χ1) is 13.4. The van der Waals surface area contributed by atoms with Gasteiger partial charge in [0.25, 0.3) is 0 Å². The number of thiophene rings is 1. The van der Waals surface area contributed by atoms with Gasteiger partial charge in [0, 0.05) is 39.0 Å². The number of benzene rings is 1. The fourth-order valence-corrected chi connectivity index (χ4v) is 5.36. The van der Waals surface area contributed by atoms with Gasteiger partial charge in [0.2, 0.25) is 5.43 Å². The fourth-order valence-electron chi connectivity index (χ4n) is 4.09. The van der Waals surface area contributed by atoms with Crippen molar-refractivity contribution >= 4 is 28.2 Å². The zero-order valence-electron chi connectivity index (χ0n) is 15.1. The van der Waals surface area contributed by atoms with E-state index in [4.69, 9.17) is 5.73 Å². The maximum absolute atomic E-state index is 15.0. The highest BCUT2D eigenvalue weighted by atomic mass is 32.1. The number of nitrogens with two attached hydrogens (primary N) is 1. The number of pyridine rings is 1. The predicted octanol–water partition coefficient (Wildman–Crippen LogP) is 4.24. The molecule has 0 spiro atoms. The summed E-state index contributed by atoms with van der Waals surface area (Å²) in [6, 6.07) is 5.04. The van der Waals surface area contributed by atoms with Gasteiger partial charge in [0.05, 0.1) is 5.52 Å². The van der Waals surface area contributed by atoms with Crippen LogP contribution in [-0.4, -0.2) is 15.6 Å². The van der Waals surface area contributed by atoms with Crippen LogP contribution >= 0.6 is 11.3 Å². The van der Waals surface area contributed by atoms with E-state index in [1.165, 1.54) is 29.2 Å². The van der Waals surface area contributed by atoms with E-state index in [0.29, 0.717) is 11.1 Å². The van der Waals surface area contributed by atoms with Crippen molar-refractivity contribution < 1.29 is 14.3 Å². The zero-order chi connectivity index (χ0) is 19.6. The Hall–Kier alpha value is -2.51. The van der Waals surface area contributed by atoms with Crippen LogP contribution in [0.25, 0.3) is 21.3 Å². The average molecular weight is 398 g/mol. The molecule has 2 aliphatic carbocycles. The van der Waals surface area contributed by atoms with Crippen LogP contribution in [0.4, 0.5) is 4.39 Å². The SMILES string of the molecule is NC1CCCc2cc(-c3cc4c(cc3F)c(=O)c(C(=O)O)cn4C3CC3)sc21. The highest BCUT2D eigenvalue weighted by Gasteiger charge is 2.28. The highest BCUT2D eigenvalue weighted by molar-refractivity contribution is 7.15. The molecular formula is C21H19FN2O3S. The number of carboxylic acid groups (broad SMARTS) is 1. The molecular weight excluding hydrogens is 379 g/mol. The predicted molar refractivity (Wildman–Crippen MR) is 107 cm³/mol. The molecule has 3 N–H and O–H groups in total. The van der Waals surface area contributed by atoms with Gasteiger partial charge in [0.15, 0.2) is 0 Å². The molecule has 2 aromatic heterocycles.